The lowest BCUT2D eigenvalue weighted by Gasteiger charge is -2.07. The zero-order valence-electron chi connectivity index (χ0n) is 12.0. The van der Waals surface area contributed by atoms with Crippen LogP contribution in [0.15, 0.2) is 41.8 Å². The van der Waals surface area contributed by atoms with Crippen molar-refractivity contribution >= 4 is 11.3 Å². The van der Waals surface area contributed by atoms with Gasteiger partial charge >= 0.3 is 0 Å². The standard InChI is InChI=1S/C17H23NOS/c1-14(12-19)6-5-9-18-11-17-10-16(13-20-17)15-7-3-2-4-8-15/h2-4,7-8,10,13-14,18-19H,5-6,9,11-12H2,1H3. The molecule has 0 aliphatic heterocycles. The van der Waals surface area contributed by atoms with Crippen molar-refractivity contribution in [2.75, 3.05) is 13.2 Å². The number of rotatable bonds is 8. The summed E-state index contributed by atoms with van der Waals surface area (Å²) in [5, 5.41) is 14.7. The van der Waals surface area contributed by atoms with Gasteiger partial charge in [-0.25, -0.2) is 0 Å². The topological polar surface area (TPSA) is 32.3 Å². The Morgan fingerprint density at radius 2 is 2.00 bits per heavy atom. The highest BCUT2D eigenvalue weighted by molar-refractivity contribution is 7.10. The van der Waals surface area contributed by atoms with Gasteiger partial charge in [-0.05, 0) is 47.9 Å². The summed E-state index contributed by atoms with van der Waals surface area (Å²) >= 11 is 1.81. The van der Waals surface area contributed by atoms with Crippen molar-refractivity contribution < 1.29 is 5.11 Å². The summed E-state index contributed by atoms with van der Waals surface area (Å²) in [6, 6.07) is 12.8. The van der Waals surface area contributed by atoms with Gasteiger partial charge in [-0.3, -0.25) is 0 Å². The van der Waals surface area contributed by atoms with Crippen LogP contribution in [0.25, 0.3) is 11.1 Å². The van der Waals surface area contributed by atoms with Crippen LogP contribution in [0.1, 0.15) is 24.6 Å². The predicted molar refractivity (Wildman–Crippen MR) is 86.9 cm³/mol. The third-order valence-electron chi connectivity index (χ3n) is 3.42. The molecule has 0 bridgehead atoms. The molecular weight excluding hydrogens is 266 g/mol. The molecule has 20 heavy (non-hydrogen) atoms. The largest absolute Gasteiger partial charge is 0.396 e. The van der Waals surface area contributed by atoms with Gasteiger partial charge in [-0.1, -0.05) is 37.3 Å². The van der Waals surface area contributed by atoms with E-state index in [1.807, 2.05) is 17.4 Å². The number of nitrogens with one attached hydrogen (secondary N) is 1. The molecule has 2 nitrogen and oxygen atoms in total. The van der Waals surface area contributed by atoms with Crippen LogP contribution >= 0.6 is 11.3 Å². The van der Waals surface area contributed by atoms with E-state index in [4.69, 9.17) is 5.11 Å². The van der Waals surface area contributed by atoms with E-state index in [9.17, 15) is 0 Å². The zero-order valence-corrected chi connectivity index (χ0v) is 12.8. The van der Waals surface area contributed by atoms with Crippen molar-refractivity contribution in [2.45, 2.75) is 26.3 Å². The zero-order chi connectivity index (χ0) is 14.2. The SMILES string of the molecule is CC(CO)CCCNCc1cc(-c2ccccc2)cs1. The van der Waals surface area contributed by atoms with Crippen molar-refractivity contribution in [1.29, 1.82) is 0 Å². The third-order valence-corrected chi connectivity index (χ3v) is 4.36. The lowest BCUT2D eigenvalue weighted by atomic mass is 10.1. The van der Waals surface area contributed by atoms with Crippen molar-refractivity contribution in [2.24, 2.45) is 5.92 Å². The number of hydrogen-bond donors (Lipinski definition) is 2. The van der Waals surface area contributed by atoms with Gasteiger partial charge in [0.25, 0.3) is 0 Å². The summed E-state index contributed by atoms with van der Waals surface area (Å²) in [5.41, 5.74) is 2.59. The van der Waals surface area contributed by atoms with E-state index in [2.05, 4.69) is 48.0 Å². The van der Waals surface area contributed by atoms with Crippen LogP contribution in [-0.4, -0.2) is 18.3 Å². The second-order valence-corrected chi connectivity index (χ2v) is 6.27. The summed E-state index contributed by atoms with van der Waals surface area (Å²) < 4.78 is 0. The van der Waals surface area contributed by atoms with Crippen LogP contribution < -0.4 is 5.32 Å². The molecule has 1 heterocycles. The Labute approximate surface area is 125 Å². The fraction of sp³-hybridized carbons (Fsp3) is 0.412. The molecule has 0 radical (unpaired) electrons. The van der Waals surface area contributed by atoms with Gasteiger partial charge in [-0.15, -0.1) is 11.3 Å². The molecule has 0 fully saturated rings. The first-order chi connectivity index (χ1) is 9.79. The highest BCUT2D eigenvalue weighted by atomic mass is 32.1. The first kappa shape index (κ1) is 15.2. The molecule has 108 valence electrons. The van der Waals surface area contributed by atoms with Gasteiger partial charge in [0.05, 0.1) is 0 Å². The molecule has 1 aromatic heterocycles. The van der Waals surface area contributed by atoms with E-state index in [0.29, 0.717) is 12.5 Å². The summed E-state index contributed by atoms with van der Waals surface area (Å²) in [6.07, 6.45) is 2.21. The predicted octanol–water partition coefficient (Wildman–Crippen LogP) is 3.91. The molecule has 1 atom stereocenters. The van der Waals surface area contributed by atoms with Gasteiger partial charge < -0.3 is 10.4 Å². The molecule has 1 unspecified atom stereocenters. The molecule has 3 heteroatoms. The molecule has 1 aromatic carbocycles. The van der Waals surface area contributed by atoms with Crippen LogP contribution in [0.5, 0.6) is 0 Å². The molecule has 2 N–H and O–H groups in total. The first-order valence-corrected chi connectivity index (χ1v) is 8.12. The Hall–Kier alpha value is -1.16. The summed E-state index contributed by atoms with van der Waals surface area (Å²) in [4.78, 5) is 1.37. The van der Waals surface area contributed by atoms with E-state index in [0.717, 1.165) is 25.9 Å². The summed E-state index contributed by atoms with van der Waals surface area (Å²) in [6.45, 7) is 4.34. The summed E-state index contributed by atoms with van der Waals surface area (Å²) in [5.74, 6) is 0.420. The lowest BCUT2D eigenvalue weighted by molar-refractivity contribution is 0.228. The van der Waals surface area contributed by atoms with Crippen LogP contribution in [0, 0.1) is 5.92 Å². The maximum Gasteiger partial charge on any atom is 0.0456 e. The Kier molecular flexibility index (Phi) is 6.25. The second kappa shape index (κ2) is 8.20. The van der Waals surface area contributed by atoms with Crippen LogP contribution in [0.3, 0.4) is 0 Å². The number of thiophene rings is 1. The van der Waals surface area contributed by atoms with Gasteiger partial charge in [0, 0.05) is 18.0 Å². The molecule has 0 spiro atoms. The van der Waals surface area contributed by atoms with Crippen molar-refractivity contribution in [3.05, 3.63) is 46.7 Å². The monoisotopic (exact) mass is 289 g/mol. The smallest absolute Gasteiger partial charge is 0.0456 e. The van der Waals surface area contributed by atoms with E-state index in [1.165, 1.54) is 16.0 Å². The van der Waals surface area contributed by atoms with Crippen molar-refractivity contribution in [3.8, 4) is 11.1 Å². The quantitative estimate of drug-likeness (QED) is 0.722. The normalized spacial score (nSPS) is 12.5. The summed E-state index contributed by atoms with van der Waals surface area (Å²) in [7, 11) is 0. The highest BCUT2D eigenvalue weighted by Crippen LogP contribution is 2.25. The Morgan fingerprint density at radius 3 is 2.75 bits per heavy atom. The molecule has 0 aliphatic rings. The van der Waals surface area contributed by atoms with E-state index >= 15 is 0 Å². The Bertz CT molecular complexity index is 495. The van der Waals surface area contributed by atoms with Gasteiger partial charge in [0.15, 0.2) is 0 Å². The number of aliphatic hydroxyl groups is 1. The van der Waals surface area contributed by atoms with Crippen LogP contribution in [-0.2, 0) is 6.54 Å². The first-order valence-electron chi connectivity index (χ1n) is 7.24. The second-order valence-electron chi connectivity index (χ2n) is 5.27. The Morgan fingerprint density at radius 1 is 1.20 bits per heavy atom. The maximum atomic E-state index is 8.96. The molecule has 2 rings (SSSR count). The van der Waals surface area contributed by atoms with Crippen LogP contribution in [0.2, 0.25) is 0 Å². The molecule has 0 saturated heterocycles. The minimum Gasteiger partial charge on any atom is -0.396 e. The molecule has 0 saturated carbocycles. The molecule has 0 amide bonds. The van der Waals surface area contributed by atoms with Gasteiger partial charge in [0.1, 0.15) is 0 Å². The van der Waals surface area contributed by atoms with Crippen molar-refractivity contribution in [3.63, 3.8) is 0 Å². The molecular formula is C17H23NOS. The Balaban J connectivity index is 1.74. The number of aliphatic hydroxyl groups excluding tert-OH is 1. The minimum absolute atomic E-state index is 0.297. The molecule has 0 aliphatic carbocycles. The fourth-order valence-corrected chi connectivity index (χ4v) is 3.00. The average molecular weight is 289 g/mol. The number of hydrogen-bond acceptors (Lipinski definition) is 3. The molecule has 2 aromatic rings. The lowest BCUT2D eigenvalue weighted by Crippen LogP contribution is -2.15. The average Bonchev–Trinajstić information content (AvgIpc) is 2.96. The highest BCUT2D eigenvalue weighted by Gasteiger charge is 2.02. The van der Waals surface area contributed by atoms with E-state index in [-0.39, 0.29) is 0 Å². The van der Waals surface area contributed by atoms with Gasteiger partial charge in [-0.2, -0.15) is 0 Å². The van der Waals surface area contributed by atoms with Crippen LogP contribution in [0.4, 0.5) is 0 Å². The van der Waals surface area contributed by atoms with E-state index < -0.39 is 0 Å². The van der Waals surface area contributed by atoms with Gasteiger partial charge in [0.2, 0.25) is 0 Å². The van der Waals surface area contributed by atoms with Crippen molar-refractivity contribution in [1.82, 2.24) is 5.32 Å². The maximum absolute atomic E-state index is 8.96. The number of benzene rings is 1. The van der Waals surface area contributed by atoms with E-state index in [1.54, 1.807) is 0 Å². The minimum atomic E-state index is 0.297. The third kappa shape index (κ3) is 4.75. The fourth-order valence-electron chi connectivity index (χ4n) is 2.13.